The Bertz CT molecular complexity index is 1260. The van der Waals surface area contributed by atoms with Gasteiger partial charge in [-0.3, -0.25) is 9.48 Å². The van der Waals surface area contributed by atoms with Crippen molar-refractivity contribution < 1.29 is 14.1 Å². The summed E-state index contributed by atoms with van der Waals surface area (Å²) in [4.78, 5) is 12.9. The van der Waals surface area contributed by atoms with Crippen LogP contribution in [-0.2, 0) is 13.2 Å². The second-order valence-corrected chi connectivity index (χ2v) is 8.07. The average molecular weight is 451 g/mol. The Labute approximate surface area is 190 Å². The van der Waals surface area contributed by atoms with E-state index in [1.807, 2.05) is 56.3 Å². The van der Waals surface area contributed by atoms with E-state index in [1.54, 1.807) is 24.0 Å². The van der Waals surface area contributed by atoms with Gasteiger partial charge in [0.15, 0.2) is 5.69 Å². The fourth-order valence-electron chi connectivity index (χ4n) is 3.30. The van der Waals surface area contributed by atoms with E-state index in [0.717, 1.165) is 22.4 Å². The number of benzene rings is 2. The van der Waals surface area contributed by atoms with E-state index in [-0.39, 0.29) is 18.2 Å². The number of carbonyl (C=O) groups is 1. The maximum atomic E-state index is 12.9. The van der Waals surface area contributed by atoms with Crippen LogP contribution in [0.25, 0.3) is 0 Å². The highest BCUT2D eigenvalue weighted by Gasteiger charge is 2.21. The fraction of sp³-hybridized carbons (Fsp3) is 0.208. The van der Waals surface area contributed by atoms with E-state index < -0.39 is 0 Å². The molecule has 4 aromatic rings. The number of nitrogens with zero attached hydrogens (tertiary/aromatic N) is 3. The minimum atomic E-state index is -0.360. The van der Waals surface area contributed by atoms with Crippen LogP contribution in [0.2, 0.25) is 5.02 Å². The monoisotopic (exact) mass is 450 g/mol. The fourth-order valence-corrected chi connectivity index (χ4v) is 3.46. The smallest absolute Gasteiger partial charge is 0.278 e. The van der Waals surface area contributed by atoms with E-state index in [4.69, 9.17) is 20.9 Å². The first-order chi connectivity index (χ1) is 15.4. The number of rotatable bonds is 7. The lowest BCUT2D eigenvalue weighted by Crippen LogP contribution is -2.15. The summed E-state index contributed by atoms with van der Waals surface area (Å²) in [5.41, 5.74) is 4.56. The molecule has 0 spiro atoms. The Morgan fingerprint density at radius 1 is 1.19 bits per heavy atom. The predicted octanol–water partition coefficient (Wildman–Crippen LogP) is 5.33. The molecule has 2 aromatic carbocycles. The van der Waals surface area contributed by atoms with E-state index in [2.05, 4.69) is 15.6 Å². The summed E-state index contributed by atoms with van der Waals surface area (Å²) >= 11 is 5.93. The molecule has 0 fully saturated rings. The lowest BCUT2D eigenvalue weighted by atomic mass is 10.1. The van der Waals surface area contributed by atoms with Gasteiger partial charge in [0.1, 0.15) is 18.1 Å². The molecule has 4 rings (SSSR count). The molecule has 164 valence electrons. The van der Waals surface area contributed by atoms with Crippen LogP contribution in [0.5, 0.6) is 5.75 Å². The van der Waals surface area contributed by atoms with Crippen molar-refractivity contribution in [2.24, 2.45) is 0 Å². The topological polar surface area (TPSA) is 82.2 Å². The van der Waals surface area contributed by atoms with Crippen molar-refractivity contribution in [3.05, 3.63) is 93.6 Å². The molecule has 0 saturated carbocycles. The second-order valence-electron chi connectivity index (χ2n) is 7.63. The molecule has 0 radical (unpaired) electrons. The molecule has 0 bridgehead atoms. The molecule has 8 heteroatoms. The predicted molar refractivity (Wildman–Crippen MR) is 122 cm³/mol. The zero-order valence-electron chi connectivity index (χ0n) is 18.1. The Morgan fingerprint density at radius 2 is 2.03 bits per heavy atom. The van der Waals surface area contributed by atoms with E-state index in [0.29, 0.717) is 28.6 Å². The summed E-state index contributed by atoms with van der Waals surface area (Å²) < 4.78 is 13.0. The van der Waals surface area contributed by atoms with Crippen molar-refractivity contribution in [2.45, 2.75) is 33.9 Å². The zero-order valence-corrected chi connectivity index (χ0v) is 18.8. The van der Waals surface area contributed by atoms with Crippen LogP contribution in [0, 0.1) is 20.8 Å². The number of aryl methyl sites for hydroxylation is 3. The maximum Gasteiger partial charge on any atom is 0.278 e. The molecule has 7 nitrogen and oxygen atoms in total. The van der Waals surface area contributed by atoms with Gasteiger partial charge >= 0.3 is 0 Å². The summed E-state index contributed by atoms with van der Waals surface area (Å²) in [5, 5.41) is 11.6. The van der Waals surface area contributed by atoms with Gasteiger partial charge in [0.2, 0.25) is 0 Å². The van der Waals surface area contributed by atoms with Gasteiger partial charge < -0.3 is 14.6 Å². The zero-order chi connectivity index (χ0) is 22.7. The first-order valence-electron chi connectivity index (χ1n) is 10.1. The first kappa shape index (κ1) is 21.6. The minimum Gasteiger partial charge on any atom is -0.488 e. The van der Waals surface area contributed by atoms with Gasteiger partial charge in [0, 0.05) is 11.9 Å². The Balaban J connectivity index is 1.47. The molecule has 0 aliphatic carbocycles. The summed E-state index contributed by atoms with van der Waals surface area (Å²) in [6, 6.07) is 13.5. The van der Waals surface area contributed by atoms with Gasteiger partial charge in [-0.05, 0) is 55.7 Å². The molecule has 1 amide bonds. The number of halogens is 1. The summed E-state index contributed by atoms with van der Waals surface area (Å²) in [7, 11) is 0. The number of ether oxygens (including phenoxy) is 1. The molecule has 1 N–H and O–H groups in total. The number of nitrogens with one attached hydrogen (secondary N) is 1. The molecule has 0 unspecified atom stereocenters. The second kappa shape index (κ2) is 9.28. The lowest BCUT2D eigenvalue weighted by Gasteiger charge is -2.11. The molecule has 0 saturated heterocycles. The van der Waals surface area contributed by atoms with Crippen LogP contribution in [0.1, 0.15) is 38.5 Å². The SMILES string of the molecule is Cc1ccc(C)c(OCc2c(C(=O)Nc3cccc(Cn4cc(Cl)cn4)c3)noc2C)c1. The highest BCUT2D eigenvalue weighted by atomic mass is 35.5. The molecular weight excluding hydrogens is 428 g/mol. The third-order valence-electron chi connectivity index (χ3n) is 5.05. The van der Waals surface area contributed by atoms with Crippen LogP contribution in [0.4, 0.5) is 5.69 Å². The van der Waals surface area contributed by atoms with Crippen molar-refractivity contribution in [3.63, 3.8) is 0 Å². The molecule has 2 heterocycles. The average Bonchev–Trinajstić information content (AvgIpc) is 3.34. The number of hydrogen-bond donors (Lipinski definition) is 1. The summed E-state index contributed by atoms with van der Waals surface area (Å²) in [5.74, 6) is 0.953. The van der Waals surface area contributed by atoms with Crippen LogP contribution in [0.3, 0.4) is 0 Å². The number of anilines is 1. The molecule has 0 aliphatic rings. The van der Waals surface area contributed by atoms with Gasteiger partial charge in [-0.25, -0.2) is 0 Å². The molecule has 0 aliphatic heterocycles. The van der Waals surface area contributed by atoms with Crippen LogP contribution >= 0.6 is 11.6 Å². The van der Waals surface area contributed by atoms with Crippen LogP contribution < -0.4 is 10.1 Å². The van der Waals surface area contributed by atoms with Crippen LogP contribution in [-0.4, -0.2) is 20.8 Å². The molecule has 2 aromatic heterocycles. The van der Waals surface area contributed by atoms with Crippen LogP contribution in [0.15, 0.2) is 59.4 Å². The maximum absolute atomic E-state index is 12.9. The van der Waals surface area contributed by atoms with Crippen molar-refractivity contribution in [3.8, 4) is 5.75 Å². The van der Waals surface area contributed by atoms with E-state index >= 15 is 0 Å². The molecule has 32 heavy (non-hydrogen) atoms. The number of carbonyl (C=O) groups excluding carboxylic acids is 1. The van der Waals surface area contributed by atoms with Crippen molar-refractivity contribution in [1.82, 2.24) is 14.9 Å². The Hall–Kier alpha value is -3.58. The van der Waals surface area contributed by atoms with Crippen molar-refractivity contribution in [1.29, 1.82) is 0 Å². The molecular formula is C24H23ClN4O3. The summed E-state index contributed by atoms with van der Waals surface area (Å²) in [6.45, 7) is 6.47. The van der Waals surface area contributed by atoms with Crippen molar-refractivity contribution >= 4 is 23.2 Å². The van der Waals surface area contributed by atoms with Crippen molar-refractivity contribution in [2.75, 3.05) is 5.32 Å². The highest BCUT2D eigenvalue weighted by molar-refractivity contribution is 6.30. The van der Waals surface area contributed by atoms with Gasteiger partial charge in [0.05, 0.1) is 23.3 Å². The third kappa shape index (κ3) is 5.00. The molecule has 0 atom stereocenters. The van der Waals surface area contributed by atoms with E-state index in [1.165, 1.54) is 0 Å². The van der Waals surface area contributed by atoms with Gasteiger partial charge in [-0.2, -0.15) is 5.10 Å². The normalized spacial score (nSPS) is 10.9. The minimum absolute atomic E-state index is 0.183. The Morgan fingerprint density at radius 3 is 2.81 bits per heavy atom. The highest BCUT2D eigenvalue weighted by Crippen LogP contribution is 2.23. The van der Waals surface area contributed by atoms with E-state index in [9.17, 15) is 4.79 Å². The summed E-state index contributed by atoms with van der Waals surface area (Å²) in [6.07, 6.45) is 3.33. The van der Waals surface area contributed by atoms with Gasteiger partial charge in [-0.1, -0.05) is 41.0 Å². The van der Waals surface area contributed by atoms with Gasteiger partial charge in [0.25, 0.3) is 5.91 Å². The quantitative estimate of drug-likeness (QED) is 0.411. The first-order valence-corrected chi connectivity index (χ1v) is 10.5. The number of hydrogen-bond acceptors (Lipinski definition) is 5. The number of amides is 1. The van der Waals surface area contributed by atoms with Gasteiger partial charge in [-0.15, -0.1) is 0 Å². The standard InChI is InChI=1S/C24H23ClN4O3/c1-15-7-8-16(2)22(9-15)31-14-21-17(3)32-28-23(21)24(30)27-20-6-4-5-18(10-20)12-29-13-19(25)11-26-29/h4-11,13H,12,14H2,1-3H3,(H,27,30). The lowest BCUT2D eigenvalue weighted by molar-refractivity contribution is 0.101. The Kier molecular flexibility index (Phi) is 6.28. The third-order valence-corrected chi connectivity index (χ3v) is 5.24. The largest absolute Gasteiger partial charge is 0.488 e. The number of aromatic nitrogens is 3.